The summed E-state index contributed by atoms with van der Waals surface area (Å²) in [5.41, 5.74) is 3.55. The predicted octanol–water partition coefficient (Wildman–Crippen LogP) is 4.64. The highest BCUT2D eigenvalue weighted by atomic mass is 32.1. The number of nitrogens with zero attached hydrogens (tertiary/aromatic N) is 3. The lowest BCUT2D eigenvalue weighted by Crippen LogP contribution is -2.39. The standard InChI is InChI=1S/C21H21N3O2S/c1-14(2)8-10-24-18-11-15(6-7-19(18)26-12-20(24)25)17-13-27-21(23-17)16-5-3-4-9-22-16/h3-7,9,11,13-14H,8,10,12H2,1-2H3. The van der Waals surface area contributed by atoms with E-state index in [-0.39, 0.29) is 12.5 Å². The van der Waals surface area contributed by atoms with Gasteiger partial charge in [-0.3, -0.25) is 9.78 Å². The number of aromatic nitrogens is 2. The van der Waals surface area contributed by atoms with Crippen LogP contribution < -0.4 is 9.64 Å². The molecule has 0 saturated heterocycles. The van der Waals surface area contributed by atoms with Gasteiger partial charge < -0.3 is 9.64 Å². The van der Waals surface area contributed by atoms with E-state index in [0.29, 0.717) is 12.5 Å². The van der Waals surface area contributed by atoms with Crippen molar-refractivity contribution in [2.24, 2.45) is 5.92 Å². The second-order valence-corrected chi connectivity index (χ2v) is 7.81. The van der Waals surface area contributed by atoms with Gasteiger partial charge in [-0.1, -0.05) is 19.9 Å². The Labute approximate surface area is 162 Å². The number of carbonyl (C=O) groups excluding carboxylic acids is 1. The lowest BCUT2D eigenvalue weighted by molar-refractivity contribution is -0.121. The summed E-state index contributed by atoms with van der Waals surface area (Å²) in [5.74, 6) is 1.29. The molecule has 1 aromatic carbocycles. The summed E-state index contributed by atoms with van der Waals surface area (Å²) in [4.78, 5) is 23.3. The summed E-state index contributed by atoms with van der Waals surface area (Å²) in [6, 6.07) is 11.7. The molecular weight excluding hydrogens is 358 g/mol. The van der Waals surface area contributed by atoms with Crippen LogP contribution in [0.5, 0.6) is 5.75 Å². The fourth-order valence-corrected chi connectivity index (χ4v) is 3.81. The number of benzene rings is 1. The van der Waals surface area contributed by atoms with Gasteiger partial charge in [0.15, 0.2) is 6.61 Å². The van der Waals surface area contributed by atoms with Gasteiger partial charge in [0.05, 0.1) is 17.1 Å². The number of pyridine rings is 1. The number of ether oxygens (including phenoxy) is 1. The van der Waals surface area contributed by atoms with Gasteiger partial charge in [-0.15, -0.1) is 11.3 Å². The van der Waals surface area contributed by atoms with Crippen molar-refractivity contribution < 1.29 is 9.53 Å². The molecule has 0 aliphatic carbocycles. The highest BCUT2D eigenvalue weighted by Gasteiger charge is 2.26. The second-order valence-electron chi connectivity index (χ2n) is 6.95. The Morgan fingerprint density at radius 2 is 2.11 bits per heavy atom. The molecule has 0 spiro atoms. The van der Waals surface area contributed by atoms with Crippen LogP contribution in [0.1, 0.15) is 20.3 Å². The van der Waals surface area contributed by atoms with Crippen molar-refractivity contribution in [3.63, 3.8) is 0 Å². The Hall–Kier alpha value is -2.73. The van der Waals surface area contributed by atoms with Crippen LogP contribution in [0.3, 0.4) is 0 Å². The first-order valence-electron chi connectivity index (χ1n) is 9.06. The molecule has 5 nitrogen and oxygen atoms in total. The summed E-state index contributed by atoms with van der Waals surface area (Å²) < 4.78 is 5.62. The molecule has 0 fully saturated rings. The minimum atomic E-state index is 0.00718. The average Bonchev–Trinajstić information content (AvgIpc) is 3.17. The third kappa shape index (κ3) is 3.71. The lowest BCUT2D eigenvalue weighted by atomic mass is 10.1. The predicted molar refractivity (Wildman–Crippen MR) is 108 cm³/mol. The minimum absolute atomic E-state index is 0.00718. The molecule has 6 heteroatoms. The van der Waals surface area contributed by atoms with Gasteiger partial charge in [-0.05, 0) is 42.7 Å². The van der Waals surface area contributed by atoms with Gasteiger partial charge in [0, 0.05) is 23.7 Å². The molecule has 1 aliphatic rings. The van der Waals surface area contributed by atoms with Crippen LogP contribution in [0.4, 0.5) is 5.69 Å². The summed E-state index contributed by atoms with van der Waals surface area (Å²) in [6.07, 6.45) is 2.72. The maximum atomic E-state index is 12.4. The monoisotopic (exact) mass is 379 g/mol. The van der Waals surface area contributed by atoms with E-state index in [0.717, 1.165) is 39.8 Å². The number of hydrogen-bond acceptors (Lipinski definition) is 5. The molecule has 3 aromatic rings. The zero-order valence-corrected chi connectivity index (χ0v) is 16.2. The first-order chi connectivity index (χ1) is 13.1. The number of anilines is 1. The van der Waals surface area contributed by atoms with E-state index in [9.17, 15) is 4.79 Å². The van der Waals surface area contributed by atoms with Crippen molar-refractivity contribution in [3.05, 3.63) is 48.0 Å². The van der Waals surface area contributed by atoms with Crippen molar-refractivity contribution in [2.45, 2.75) is 20.3 Å². The van der Waals surface area contributed by atoms with Gasteiger partial charge in [-0.2, -0.15) is 0 Å². The number of thiazole rings is 1. The van der Waals surface area contributed by atoms with E-state index in [1.165, 1.54) is 0 Å². The fraction of sp³-hybridized carbons (Fsp3) is 0.286. The van der Waals surface area contributed by atoms with E-state index in [1.807, 2.05) is 46.7 Å². The molecular formula is C21H21N3O2S. The van der Waals surface area contributed by atoms with Crippen molar-refractivity contribution >= 4 is 22.9 Å². The van der Waals surface area contributed by atoms with Crippen LogP contribution in [0.15, 0.2) is 48.0 Å². The molecule has 0 N–H and O–H groups in total. The zero-order chi connectivity index (χ0) is 18.8. The Bertz CT molecular complexity index is 953. The third-order valence-corrected chi connectivity index (χ3v) is 5.38. The van der Waals surface area contributed by atoms with Gasteiger partial charge in [0.2, 0.25) is 0 Å². The number of carbonyl (C=O) groups is 1. The highest BCUT2D eigenvalue weighted by Crippen LogP contribution is 2.37. The minimum Gasteiger partial charge on any atom is -0.482 e. The third-order valence-electron chi connectivity index (χ3n) is 4.52. The van der Waals surface area contributed by atoms with Gasteiger partial charge in [0.1, 0.15) is 10.8 Å². The Morgan fingerprint density at radius 1 is 1.22 bits per heavy atom. The van der Waals surface area contributed by atoms with E-state index < -0.39 is 0 Å². The Balaban J connectivity index is 1.66. The highest BCUT2D eigenvalue weighted by molar-refractivity contribution is 7.13. The number of amides is 1. The van der Waals surface area contributed by atoms with Gasteiger partial charge in [0.25, 0.3) is 5.91 Å². The first kappa shape index (κ1) is 17.7. The van der Waals surface area contributed by atoms with Crippen molar-refractivity contribution in [1.29, 1.82) is 0 Å². The van der Waals surface area contributed by atoms with Crippen LogP contribution in [0.2, 0.25) is 0 Å². The maximum Gasteiger partial charge on any atom is 0.265 e. The van der Waals surface area contributed by atoms with Crippen LogP contribution in [0, 0.1) is 5.92 Å². The maximum absolute atomic E-state index is 12.4. The van der Waals surface area contributed by atoms with Gasteiger partial charge in [-0.25, -0.2) is 4.98 Å². The molecule has 138 valence electrons. The first-order valence-corrected chi connectivity index (χ1v) is 9.94. The Kier molecular flexibility index (Phi) is 4.90. The van der Waals surface area contributed by atoms with Crippen LogP contribution in [0.25, 0.3) is 22.0 Å². The Morgan fingerprint density at radius 3 is 2.89 bits per heavy atom. The topological polar surface area (TPSA) is 55.3 Å². The molecule has 0 unspecified atom stereocenters. The molecule has 27 heavy (non-hydrogen) atoms. The second kappa shape index (κ2) is 7.48. The molecule has 3 heterocycles. The van der Waals surface area contributed by atoms with Crippen LogP contribution in [-0.2, 0) is 4.79 Å². The molecule has 4 rings (SSSR count). The molecule has 0 radical (unpaired) electrons. The largest absolute Gasteiger partial charge is 0.482 e. The fourth-order valence-electron chi connectivity index (χ4n) is 3.01. The van der Waals surface area contributed by atoms with Crippen molar-refractivity contribution in [3.8, 4) is 27.7 Å². The summed E-state index contributed by atoms with van der Waals surface area (Å²) in [6.45, 7) is 5.13. The number of hydrogen-bond donors (Lipinski definition) is 0. The van der Waals surface area contributed by atoms with Crippen LogP contribution >= 0.6 is 11.3 Å². The van der Waals surface area contributed by atoms with Crippen molar-refractivity contribution in [2.75, 3.05) is 18.1 Å². The normalized spacial score (nSPS) is 13.6. The zero-order valence-electron chi connectivity index (χ0n) is 15.4. The summed E-state index contributed by atoms with van der Waals surface area (Å²) in [5, 5.41) is 2.91. The van der Waals surface area contributed by atoms with E-state index in [4.69, 9.17) is 9.72 Å². The number of rotatable bonds is 5. The quantitative estimate of drug-likeness (QED) is 0.648. The average molecular weight is 379 g/mol. The summed E-state index contributed by atoms with van der Waals surface area (Å²) >= 11 is 1.56. The molecule has 0 bridgehead atoms. The van der Waals surface area contributed by atoms with Gasteiger partial charge >= 0.3 is 0 Å². The molecule has 1 aliphatic heterocycles. The van der Waals surface area contributed by atoms with Crippen molar-refractivity contribution in [1.82, 2.24) is 9.97 Å². The van der Waals surface area contributed by atoms with E-state index in [1.54, 1.807) is 17.5 Å². The number of fused-ring (bicyclic) bond motifs is 1. The summed E-state index contributed by atoms with van der Waals surface area (Å²) in [7, 11) is 0. The lowest BCUT2D eigenvalue weighted by Gasteiger charge is -2.30. The van der Waals surface area contributed by atoms with Crippen LogP contribution in [-0.4, -0.2) is 29.0 Å². The molecule has 1 amide bonds. The molecule has 0 saturated carbocycles. The smallest absolute Gasteiger partial charge is 0.265 e. The van der Waals surface area contributed by atoms with E-state index >= 15 is 0 Å². The molecule has 2 aromatic heterocycles. The SMILES string of the molecule is CC(C)CCN1C(=O)COc2ccc(-c3csc(-c4ccccn4)n3)cc21. The molecule has 0 atom stereocenters. The van der Waals surface area contributed by atoms with E-state index in [2.05, 4.69) is 18.8 Å².